The monoisotopic (exact) mass is 256 g/mol. The zero-order valence-corrected chi connectivity index (χ0v) is 11.7. The lowest BCUT2D eigenvalue weighted by Crippen LogP contribution is -2.24. The van der Waals surface area contributed by atoms with E-state index in [1.807, 2.05) is 18.3 Å². The number of benzene rings is 1. The van der Waals surface area contributed by atoms with Crippen LogP contribution in [0, 0.1) is 6.92 Å². The van der Waals surface area contributed by atoms with Crippen molar-refractivity contribution in [1.82, 2.24) is 9.97 Å². The Bertz CT molecular complexity index is 562. The molecular weight excluding hydrogens is 236 g/mol. The van der Waals surface area contributed by atoms with Gasteiger partial charge in [-0.1, -0.05) is 29.8 Å². The zero-order valence-electron chi connectivity index (χ0n) is 11.7. The second-order valence-electron chi connectivity index (χ2n) is 4.51. The molecule has 0 spiro atoms. The van der Waals surface area contributed by atoms with Crippen LogP contribution in [0.15, 0.2) is 30.5 Å². The summed E-state index contributed by atoms with van der Waals surface area (Å²) in [5, 5.41) is 0. The van der Waals surface area contributed by atoms with Crippen LogP contribution in [0.2, 0.25) is 0 Å². The third kappa shape index (κ3) is 2.84. The van der Waals surface area contributed by atoms with Gasteiger partial charge in [0.1, 0.15) is 5.82 Å². The van der Waals surface area contributed by atoms with Gasteiger partial charge in [-0.15, -0.1) is 0 Å². The summed E-state index contributed by atoms with van der Waals surface area (Å²) >= 11 is 0. The van der Waals surface area contributed by atoms with Gasteiger partial charge in [-0.3, -0.25) is 0 Å². The Morgan fingerprint density at radius 3 is 2.53 bits per heavy atom. The quantitative estimate of drug-likeness (QED) is 0.914. The number of nitrogens with zero attached hydrogens (tertiary/aromatic N) is 3. The van der Waals surface area contributed by atoms with Crippen LogP contribution in [-0.4, -0.2) is 23.1 Å². The van der Waals surface area contributed by atoms with Crippen LogP contribution < -0.4 is 10.6 Å². The van der Waals surface area contributed by atoms with Gasteiger partial charge in [0.15, 0.2) is 0 Å². The van der Waals surface area contributed by atoms with Crippen LogP contribution >= 0.6 is 0 Å². The van der Waals surface area contributed by atoms with Crippen molar-refractivity contribution in [3.63, 3.8) is 0 Å². The van der Waals surface area contributed by atoms with Crippen LogP contribution in [0.25, 0.3) is 11.1 Å². The maximum absolute atomic E-state index is 6.07. The molecule has 0 unspecified atom stereocenters. The summed E-state index contributed by atoms with van der Waals surface area (Å²) in [6.45, 7) is 7.97. The molecule has 0 saturated heterocycles. The highest BCUT2D eigenvalue weighted by molar-refractivity contribution is 5.74. The molecule has 2 N–H and O–H groups in total. The van der Waals surface area contributed by atoms with Crippen molar-refractivity contribution in [2.45, 2.75) is 20.8 Å². The molecule has 4 nitrogen and oxygen atoms in total. The van der Waals surface area contributed by atoms with Gasteiger partial charge < -0.3 is 10.6 Å². The predicted molar refractivity (Wildman–Crippen MR) is 80.2 cm³/mol. The van der Waals surface area contributed by atoms with Crippen molar-refractivity contribution in [3.8, 4) is 11.1 Å². The summed E-state index contributed by atoms with van der Waals surface area (Å²) in [6.07, 6.45) is 1.81. The van der Waals surface area contributed by atoms with E-state index in [2.05, 4.69) is 47.8 Å². The van der Waals surface area contributed by atoms with Crippen molar-refractivity contribution < 1.29 is 0 Å². The summed E-state index contributed by atoms with van der Waals surface area (Å²) in [4.78, 5) is 10.9. The number of aryl methyl sites for hydroxylation is 1. The lowest BCUT2D eigenvalue weighted by atomic mass is 10.1. The molecule has 0 aliphatic heterocycles. The second-order valence-corrected chi connectivity index (χ2v) is 4.51. The minimum Gasteiger partial charge on any atom is -0.383 e. The first kappa shape index (κ1) is 13.3. The summed E-state index contributed by atoms with van der Waals surface area (Å²) in [5.74, 6) is 1.22. The van der Waals surface area contributed by atoms with E-state index in [9.17, 15) is 0 Å². The van der Waals surface area contributed by atoms with E-state index < -0.39 is 0 Å². The lowest BCUT2D eigenvalue weighted by Gasteiger charge is -2.19. The molecule has 1 aromatic heterocycles. The van der Waals surface area contributed by atoms with E-state index in [1.54, 1.807) is 0 Å². The smallest absolute Gasteiger partial charge is 0.227 e. The molecule has 0 fully saturated rings. The highest BCUT2D eigenvalue weighted by Crippen LogP contribution is 2.25. The summed E-state index contributed by atoms with van der Waals surface area (Å²) in [5.41, 5.74) is 9.22. The normalized spacial score (nSPS) is 10.5. The van der Waals surface area contributed by atoms with E-state index in [-0.39, 0.29) is 0 Å². The van der Waals surface area contributed by atoms with E-state index in [1.165, 1.54) is 5.56 Å². The highest BCUT2D eigenvalue weighted by Gasteiger charge is 2.10. The molecule has 0 aliphatic rings. The van der Waals surface area contributed by atoms with Gasteiger partial charge >= 0.3 is 0 Å². The number of anilines is 2. The fourth-order valence-electron chi connectivity index (χ4n) is 2.08. The largest absolute Gasteiger partial charge is 0.383 e. The van der Waals surface area contributed by atoms with Gasteiger partial charge in [0.2, 0.25) is 5.95 Å². The second kappa shape index (κ2) is 5.69. The van der Waals surface area contributed by atoms with E-state index in [0.29, 0.717) is 11.8 Å². The molecule has 2 aromatic rings. The third-order valence-corrected chi connectivity index (χ3v) is 3.18. The van der Waals surface area contributed by atoms with Crippen molar-refractivity contribution in [2.75, 3.05) is 23.7 Å². The van der Waals surface area contributed by atoms with Crippen LogP contribution in [0.5, 0.6) is 0 Å². The van der Waals surface area contributed by atoms with Crippen LogP contribution in [0.3, 0.4) is 0 Å². The molecule has 1 aromatic carbocycles. The molecule has 0 bridgehead atoms. The topological polar surface area (TPSA) is 55.0 Å². The Kier molecular flexibility index (Phi) is 4.00. The number of hydrogen-bond acceptors (Lipinski definition) is 4. The molecule has 19 heavy (non-hydrogen) atoms. The first-order valence-electron chi connectivity index (χ1n) is 6.60. The molecular formula is C15H20N4. The van der Waals surface area contributed by atoms with Gasteiger partial charge in [0.25, 0.3) is 0 Å². The van der Waals surface area contributed by atoms with Crippen LogP contribution in [-0.2, 0) is 0 Å². The number of hydrogen-bond donors (Lipinski definition) is 1. The van der Waals surface area contributed by atoms with Crippen molar-refractivity contribution in [1.29, 1.82) is 0 Å². The molecule has 4 heteroatoms. The Morgan fingerprint density at radius 1 is 1.21 bits per heavy atom. The molecule has 0 atom stereocenters. The van der Waals surface area contributed by atoms with Crippen molar-refractivity contribution in [2.24, 2.45) is 0 Å². The first-order chi connectivity index (χ1) is 9.15. The molecule has 1 heterocycles. The highest BCUT2D eigenvalue weighted by atomic mass is 15.2. The Labute approximate surface area is 114 Å². The average molecular weight is 256 g/mol. The van der Waals surface area contributed by atoms with E-state index >= 15 is 0 Å². The fraction of sp³-hybridized carbons (Fsp3) is 0.333. The zero-order chi connectivity index (χ0) is 13.8. The van der Waals surface area contributed by atoms with E-state index in [0.717, 1.165) is 24.2 Å². The maximum atomic E-state index is 6.07. The fourth-order valence-corrected chi connectivity index (χ4v) is 2.08. The van der Waals surface area contributed by atoms with Gasteiger partial charge in [-0.2, -0.15) is 4.98 Å². The molecule has 2 rings (SSSR count). The number of nitrogen functional groups attached to an aromatic ring is 1. The summed E-state index contributed by atoms with van der Waals surface area (Å²) in [7, 11) is 0. The minimum absolute atomic E-state index is 0.530. The summed E-state index contributed by atoms with van der Waals surface area (Å²) < 4.78 is 0. The molecule has 0 saturated carbocycles. The van der Waals surface area contributed by atoms with Gasteiger partial charge in [0, 0.05) is 24.8 Å². The third-order valence-electron chi connectivity index (χ3n) is 3.18. The molecule has 0 radical (unpaired) electrons. The van der Waals surface area contributed by atoms with Crippen molar-refractivity contribution in [3.05, 3.63) is 36.0 Å². The Morgan fingerprint density at radius 2 is 1.95 bits per heavy atom. The Hall–Kier alpha value is -2.10. The number of rotatable bonds is 4. The molecule has 100 valence electrons. The average Bonchev–Trinajstić information content (AvgIpc) is 2.40. The van der Waals surface area contributed by atoms with Gasteiger partial charge in [-0.25, -0.2) is 4.98 Å². The molecule has 0 aliphatic carbocycles. The van der Waals surface area contributed by atoms with Crippen molar-refractivity contribution >= 4 is 11.8 Å². The van der Waals surface area contributed by atoms with Crippen LogP contribution in [0.4, 0.5) is 11.8 Å². The summed E-state index contributed by atoms with van der Waals surface area (Å²) in [6, 6.07) is 8.19. The number of nitrogens with two attached hydrogens (primary N) is 1. The van der Waals surface area contributed by atoms with Gasteiger partial charge in [-0.05, 0) is 26.3 Å². The predicted octanol–water partition coefficient (Wildman–Crippen LogP) is 2.88. The van der Waals surface area contributed by atoms with E-state index in [4.69, 9.17) is 5.73 Å². The minimum atomic E-state index is 0.530. The number of aromatic nitrogens is 2. The van der Waals surface area contributed by atoms with Crippen LogP contribution in [0.1, 0.15) is 19.4 Å². The Balaban J connectivity index is 2.39. The van der Waals surface area contributed by atoms with Gasteiger partial charge in [0.05, 0.1) is 0 Å². The lowest BCUT2D eigenvalue weighted by molar-refractivity contribution is 0.823. The SMILES string of the molecule is CCN(CC)c1ncc(-c2cccc(C)c2)c(N)n1. The maximum Gasteiger partial charge on any atom is 0.227 e. The standard InChI is InChI=1S/C15H20N4/c1-4-19(5-2)15-17-10-13(14(16)18-15)12-8-6-7-11(3)9-12/h6-10H,4-5H2,1-3H3,(H2,16,17,18). The first-order valence-corrected chi connectivity index (χ1v) is 6.60. The molecule has 0 amide bonds.